The Hall–Kier alpha value is -1.69. The maximum atomic E-state index is 11.5. The molecule has 19 heavy (non-hydrogen) atoms. The zero-order chi connectivity index (χ0) is 13.2. The summed E-state index contributed by atoms with van der Waals surface area (Å²) in [6, 6.07) is 2.40. The number of piperidine rings is 1. The van der Waals surface area contributed by atoms with Crippen LogP contribution in [0.15, 0.2) is 12.3 Å². The van der Waals surface area contributed by atoms with Crippen molar-refractivity contribution >= 4 is 11.8 Å². The number of esters is 1. The number of ether oxygens (including phenoxy) is 1. The molecule has 6 nitrogen and oxygen atoms in total. The summed E-state index contributed by atoms with van der Waals surface area (Å²) in [5.41, 5.74) is 0. The highest BCUT2D eigenvalue weighted by Gasteiger charge is 2.34. The van der Waals surface area contributed by atoms with Gasteiger partial charge in [-0.25, -0.2) is 14.8 Å². The summed E-state index contributed by atoms with van der Waals surface area (Å²) in [6.45, 7) is 3.05. The van der Waals surface area contributed by atoms with Crippen LogP contribution in [0.3, 0.4) is 0 Å². The van der Waals surface area contributed by atoms with E-state index in [4.69, 9.17) is 0 Å². The lowest BCUT2D eigenvalue weighted by Gasteiger charge is -2.24. The number of fused-ring (bicyclic) bond motifs is 1. The fourth-order valence-electron chi connectivity index (χ4n) is 2.95. The largest absolute Gasteiger partial charge is 0.463 e. The summed E-state index contributed by atoms with van der Waals surface area (Å²) < 4.78 is 4.65. The molecule has 2 saturated heterocycles. The third-order valence-electron chi connectivity index (χ3n) is 3.93. The van der Waals surface area contributed by atoms with E-state index in [0.29, 0.717) is 12.0 Å². The number of nitrogens with zero attached hydrogens (tertiary/aromatic N) is 3. The van der Waals surface area contributed by atoms with Crippen molar-refractivity contribution in [1.29, 1.82) is 0 Å². The monoisotopic (exact) mass is 262 g/mol. The third kappa shape index (κ3) is 2.40. The Kier molecular flexibility index (Phi) is 3.33. The fraction of sp³-hybridized carbons (Fsp3) is 0.615. The first-order valence-electron chi connectivity index (χ1n) is 6.67. The topological polar surface area (TPSA) is 67.3 Å². The fourth-order valence-corrected chi connectivity index (χ4v) is 2.95. The lowest BCUT2D eigenvalue weighted by atomic mass is 9.94. The molecule has 0 amide bonds. The van der Waals surface area contributed by atoms with Crippen LogP contribution in [0, 0.1) is 5.92 Å². The number of carbonyl (C=O) groups is 1. The Morgan fingerprint density at radius 1 is 1.53 bits per heavy atom. The first-order chi connectivity index (χ1) is 9.28. The molecule has 0 unspecified atom stereocenters. The highest BCUT2D eigenvalue weighted by atomic mass is 16.5. The van der Waals surface area contributed by atoms with E-state index in [1.54, 1.807) is 6.20 Å². The van der Waals surface area contributed by atoms with E-state index in [9.17, 15) is 4.79 Å². The minimum absolute atomic E-state index is 0.128. The van der Waals surface area contributed by atoms with Crippen LogP contribution < -0.4 is 10.2 Å². The predicted octanol–water partition coefficient (Wildman–Crippen LogP) is 0.451. The molecule has 0 radical (unpaired) electrons. The van der Waals surface area contributed by atoms with Gasteiger partial charge < -0.3 is 15.0 Å². The van der Waals surface area contributed by atoms with E-state index in [1.165, 1.54) is 20.0 Å². The normalized spacial score (nSPS) is 26.1. The molecule has 2 fully saturated rings. The number of rotatable bonds is 2. The maximum Gasteiger partial charge on any atom is 0.376 e. The molecule has 2 atom stereocenters. The average Bonchev–Trinajstić information content (AvgIpc) is 2.90. The zero-order valence-electron chi connectivity index (χ0n) is 11.0. The molecule has 0 aromatic carbocycles. The van der Waals surface area contributed by atoms with Crippen LogP contribution in [0.2, 0.25) is 0 Å². The molecule has 1 aromatic heterocycles. The van der Waals surface area contributed by atoms with Gasteiger partial charge in [0.1, 0.15) is 5.82 Å². The standard InChI is InChI=1S/C13H18N4O2/c1-19-13(18)12-15-6-4-11(16-12)17-7-9-3-2-5-14-10(9)8-17/h4,6,9-10,14H,2-3,5,7-8H2,1H3/t9-,10+/m0/s1. The van der Waals surface area contributed by atoms with Crippen LogP contribution in [0.25, 0.3) is 0 Å². The van der Waals surface area contributed by atoms with Gasteiger partial charge in [-0.1, -0.05) is 0 Å². The summed E-state index contributed by atoms with van der Waals surface area (Å²) in [6.07, 6.45) is 4.12. The van der Waals surface area contributed by atoms with Crippen molar-refractivity contribution in [2.24, 2.45) is 5.92 Å². The first-order valence-corrected chi connectivity index (χ1v) is 6.67. The number of hydrogen-bond donors (Lipinski definition) is 1. The van der Waals surface area contributed by atoms with E-state index in [-0.39, 0.29) is 5.82 Å². The number of carbonyl (C=O) groups excluding carboxylic acids is 1. The SMILES string of the molecule is COC(=O)c1nccc(N2C[C@@H]3CCCN[C@@H]3C2)n1. The first kappa shape index (κ1) is 12.3. The van der Waals surface area contributed by atoms with Gasteiger partial charge >= 0.3 is 5.97 Å². The number of hydrogen-bond acceptors (Lipinski definition) is 6. The number of aromatic nitrogens is 2. The van der Waals surface area contributed by atoms with Gasteiger partial charge in [-0.05, 0) is 31.4 Å². The van der Waals surface area contributed by atoms with Gasteiger partial charge in [0.2, 0.25) is 5.82 Å². The second kappa shape index (κ2) is 5.13. The van der Waals surface area contributed by atoms with E-state index < -0.39 is 5.97 Å². The Morgan fingerprint density at radius 2 is 2.42 bits per heavy atom. The molecule has 6 heteroatoms. The lowest BCUT2D eigenvalue weighted by Crippen LogP contribution is -2.40. The highest BCUT2D eigenvalue weighted by Crippen LogP contribution is 2.27. The van der Waals surface area contributed by atoms with E-state index >= 15 is 0 Å². The molecule has 0 bridgehead atoms. The molecule has 1 aromatic rings. The molecular formula is C13H18N4O2. The van der Waals surface area contributed by atoms with Crippen molar-refractivity contribution in [3.63, 3.8) is 0 Å². The Balaban J connectivity index is 1.77. The smallest absolute Gasteiger partial charge is 0.376 e. The second-order valence-electron chi connectivity index (χ2n) is 5.10. The molecular weight excluding hydrogens is 244 g/mol. The summed E-state index contributed by atoms with van der Waals surface area (Å²) >= 11 is 0. The van der Waals surface area contributed by atoms with Crippen molar-refractivity contribution in [3.05, 3.63) is 18.1 Å². The Bertz CT molecular complexity index is 465. The van der Waals surface area contributed by atoms with Crippen molar-refractivity contribution in [3.8, 4) is 0 Å². The van der Waals surface area contributed by atoms with Crippen LogP contribution in [0.1, 0.15) is 23.5 Å². The summed E-state index contributed by atoms with van der Waals surface area (Å²) in [4.78, 5) is 21.9. The molecule has 3 rings (SSSR count). The van der Waals surface area contributed by atoms with Crippen molar-refractivity contribution in [2.45, 2.75) is 18.9 Å². The molecule has 2 aliphatic rings. The van der Waals surface area contributed by atoms with Gasteiger partial charge in [-0.3, -0.25) is 0 Å². The van der Waals surface area contributed by atoms with Gasteiger partial charge in [0, 0.05) is 25.3 Å². The van der Waals surface area contributed by atoms with Crippen LogP contribution in [0.4, 0.5) is 5.82 Å². The molecule has 1 N–H and O–H groups in total. The van der Waals surface area contributed by atoms with Crippen LogP contribution in [0.5, 0.6) is 0 Å². The van der Waals surface area contributed by atoms with Crippen molar-refractivity contribution in [2.75, 3.05) is 31.6 Å². The Morgan fingerprint density at radius 3 is 3.21 bits per heavy atom. The quantitative estimate of drug-likeness (QED) is 0.781. The Labute approximate surface area is 112 Å². The highest BCUT2D eigenvalue weighted by molar-refractivity contribution is 5.85. The molecule has 0 saturated carbocycles. The number of nitrogens with one attached hydrogen (secondary N) is 1. The van der Waals surface area contributed by atoms with Gasteiger partial charge in [0.05, 0.1) is 7.11 Å². The summed E-state index contributed by atoms with van der Waals surface area (Å²) in [7, 11) is 1.34. The zero-order valence-corrected chi connectivity index (χ0v) is 11.0. The van der Waals surface area contributed by atoms with Gasteiger partial charge in [-0.2, -0.15) is 0 Å². The molecule has 0 aliphatic carbocycles. The van der Waals surface area contributed by atoms with E-state index in [0.717, 1.165) is 25.5 Å². The van der Waals surface area contributed by atoms with E-state index in [1.807, 2.05) is 6.07 Å². The third-order valence-corrected chi connectivity index (χ3v) is 3.93. The summed E-state index contributed by atoms with van der Waals surface area (Å²) in [5, 5.41) is 3.55. The minimum Gasteiger partial charge on any atom is -0.463 e. The number of methoxy groups -OCH3 is 1. The van der Waals surface area contributed by atoms with Crippen molar-refractivity contribution in [1.82, 2.24) is 15.3 Å². The average molecular weight is 262 g/mol. The van der Waals surface area contributed by atoms with E-state index in [2.05, 4.69) is 24.9 Å². The summed E-state index contributed by atoms with van der Waals surface area (Å²) in [5.74, 6) is 1.14. The van der Waals surface area contributed by atoms with Gasteiger partial charge in [-0.15, -0.1) is 0 Å². The number of anilines is 1. The molecule has 2 aliphatic heterocycles. The minimum atomic E-state index is -0.489. The lowest BCUT2D eigenvalue weighted by molar-refractivity contribution is 0.0587. The van der Waals surface area contributed by atoms with Gasteiger partial charge in [0.25, 0.3) is 0 Å². The second-order valence-corrected chi connectivity index (χ2v) is 5.10. The van der Waals surface area contributed by atoms with Crippen LogP contribution >= 0.6 is 0 Å². The van der Waals surface area contributed by atoms with Crippen LogP contribution in [-0.4, -0.2) is 48.7 Å². The molecule has 3 heterocycles. The molecule has 0 spiro atoms. The molecule has 102 valence electrons. The van der Waals surface area contributed by atoms with Crippen molar-refractivity contribution < 1.29 is 9.53 Å². The predicted molar refractivity (Wildman–Crippen MR) is 70.1 cm³/mol. The maximum absolute atomic E-state index is 11.5. The van der Waals surface area contributed by atoms with Crippen LogP contribution in [-0.2, 0) is 4.74 Å². The van der Waals surface area contributed by atoms with Gasteiger partial charge in [0.15, 0.2) is 0 Å².